The van der Waals surface area contributed by atoms with E-state index < -0.39 is 11.9 Å². The molecule has 1 amide bonds. The summed E-state index contributed by atoms with van der Waals surface area (Å²) in [5.74, 6) is -0.459. The summed E-state index contributed by atoms with van der Waals surface area (Å²) >= 11 is 0. The lowest BCUT2D eigenvalue weighted by molar-refractivity contribution is 0.0690. The number of aromatic nitrogens is 1. The number of ether oxygens (including phenoxy) is 2. The fraction of sp³-hybridized carbons (Fsp3) is 0.278. The van der Waals surface area contributed by atoms with Crippen LogP contribution >= 0.6 is 0 Å². The van der Waals surface area contributed by atoms with E-state index in [4.69, 9.17) is 14.6 Å². The summed E-state index contributed by atoms with van der Waals surface area (Å²) in [4.78, 5) is 27.3. The normalized spacial score (nSPS) is 15.2. The van der Waals surface area contributed by atoms with E-state index in [2.05, 4.69) is 10.3 Å². The standard InChI is InChI=1S/C18H18N2O5/c1-3-24-16-8-11-7-10(2)25-15(11)9-14(16)20-17(21)12-5-4-6-13(19-12)18(22)23/h4-6,8-10H,3,7H2,1-2H3,(H,20,21)(H,22,23). The number of benzene rings is 1. The Labute approximate surface area is 144 Å². The number of pyridine rings is 1. The van der Waals surface area contributed by atoms with E-state index in [1.54, 1.807) is 6.07 Å². The second kappa shape index (κ2) is 6.80. The third kappa shape index (κ3) is 3.55. The summed E-state index contributed by atoms with van der Waals surface area (Å²) in [5.41, 5.74) is 1.31. The summed E-state index contributed by atoms with van der Waals surface area (Å²) in [6, 6.07) is 7.84. The Kier molecular flexibility index (Phi) is 4.56. The lowest BCUT2D eigenvalue weighted by Crippen LogP contribution is -2.16. The molecule has 1 atom stereocenters. The van der Waals surface area contributed by atoms with Gasteiger partial charge in [0.25, 0.3) is 5.91 Å². The van der Waals surface area contributed by atoms with Crippen molar-refractivity contribution in [2.45, 2.75) is 26.4 Å². The van der Waals surface area contributed by atoms with Gasteiger partial charge in [0.15, 0.2) is 0 Å². The lowest BCUT2D eigenvalue weighted by Gasteiger charge is -2.13. The van der Waals surface area contributed by atoms with Gasteiger partial charge in [-0.3, -0.25) is 4.79 Å². The number of carbonyl (C=O) groups is 2. The maximum absolute atomic E-state index is 12.4. The van der Waals surface area contributed by atoms with Crippen LogP contribution in [0, 0.1) is 0 Å². The van der Waals surface area contributed by atoms with Crippen molar-refractivity contribution in [3.05, 3.63) is 47.3 Å². The average Bonchev–Trinajstić information content (AvgIpc) is 2.94. The van der Waals surface area contributed by atoms with Gasteiger partial charge in [-0.15, -0.1) is 0 Å². The smallest absolute Gasteiger partial charge is 0.354 e. The van der Waals surface area contributed by atoms with Gasteiger partial charge < -0.3 is 19.9 Å². The van der Waals surface area contributed by atoms with Crippen molar-refractivity contribution in [2.75, 3.05) is 11.9 Å². The summed E-state index contributed by atoms with van der Waals surface area (Å²) < 4.78 is 11.3. The molecule has 1 unspecified atom stereocenters. The van der Waals surface area contributed by atoms with Crippen LogP contribution < -0.4 is 14.8 Å². The van der Waals surface area contributed by atoms with Gasteiger partial charge in [0, 0.05) is 18.1 Å². The number of anilines is 1. The number of nitrogens with one attached hydrogen (secondary N) is 1. The molecule has 0 saturated carbocycles. The Balaban J connectivity index is 1.89. The predicted molar refractivity (Wildman–Crippen MR) is 90.6 cm³/mol. The first-order chi connectivity index (χ1) is 12.0. The van der Waals surface area contributed by atoms with Gasteiger partial charge in [-0.05, 0) is 32.0 Å². The quantitative estimate of drug-likeness (QED) is 0.867. The van der Waals surface area contributed by atoms with Crippen LogP contribution in [0.4, 0.5) is 5.69 Å². The number of carboxylic acid groups (broad SMARTS) is 1. The van der Waals surface area contributed by atoms with Gasteiger partial charge in [0.05, 0.1) is 12.3 Å². The van der Waals surface area contributed by atoms with E-state index in [1.165, 1.54) is 18.2 Å². The molecule has 3 rings (SSSR count). The molecule has 25 heavy (non-hydrogen) atoms. The zero-order valence-corrected chi connectivity index (χ0v) is 13.9. The van der Waals surface area contributed by atoms with E-state index >= 15 is 0 Å². The highest BCUT2D eigenvalue weighted by molar-refractivity contribution is 6.04. The Morgan fingerprint density at radius 3 is 2.84 bits per heavy atom. The van der Waals surface area contributed by atoms with Gasteiger partial charge in [-0.25, -0.2) is 9.78 Å². The van der Waals surface area contributed by atoms with Crippen LogP contribution in [0.2, 0.25) is 0 Å². The van der Waals surface area contributed by atoms with Crippen molar-refractivity contribution in [1.29, 1.82) is 0 Å². The number of nitrogens with zero attached hydrogens (tertiary/aromatic N) is 1. The molecule has 1 aromatic carbocycles. The minimum absolute atomic E-state index is 0.0112. The van der Waals surface area contributed by atoms with Gasteiger partial charge in [0.2, 0.25) is 0 Å². The molecule has 1 aliphatic rings. The number of carbonyl (C=O) groups excluding carboxylic acids is 1. The highest BCUT2D eigenvalue weighted by Gasteiger charge is 2.23. The maximum atomic E-state index is 12.4. The Hall–Kier alpha value is -3.09. The average molecular weight is 342 g/mol. The molecule has 0 saturated heterocycles. The SMILES string of the molecule is CCOc1cc2c(cc1NC(=O)c1cccc(C(=O)O)n1)OC(C)C2. The molecule has 7 heteroatoms. The molecule has 2 aromatic rings. The highest BCUT2D eigenvalue weighted by Crippen LogP contribution is 2.38. The van der Waals surface area contributed by atoms with E-state index in [1.807, 2.05) is 19.9 Å². The van der Waals surface area contributed by atoms with Gasteiger partial charge in [-0.2, -0.15) is 0 Å². The number of rotatable bonds is 5. The Morgan fingerprint density at radius 2 is 2.12 bits per heavy atom. The van der Waals surface area contributed by atoms with Crippen LogP contribution in [0.15, 0.2) is 30.3 Å². The molecule has 2 N–H and O–H groups in total. The van der Waals surface area contributed by atoms with Crippen molar-refractivity contribution < 1.29 is 24.2 Å². The van der Waals surface area contributed by atoms with Gasteiger partial charge in [0.1, 0.15) is 29.0 Å². The molecule has 1 aromatic heterocycles. The van der Waals surface area contributed by atoms with Crippen LogP contribution in [0.5, 0.6) is 11.5 Å². The summed E-state index contributed by atoms with van der Waals surface area (Å²) in [6.07, 6.45) is 0.857. The van der Waals surface area contributed by atoms with E-state index in [0.717, 1.165) is 12.0 Å². The number of carboxylic acids is 1. The molecule has 0 bridgehead atoms. The number of aromatic carboxylic acids is 1. The minimum atomic E-state index is -1.19. The third-order valence-electron chi connectivity index (χ3n) is 3.75. The van der Waals surface area contributed by atoms with Crippen LogP contribution in [-0.4, -0.2) is 34.7 Å². The minimum Gasteiger partial charge on any atom is -0.492 e. The molecule has 7 nitrogen and oxygen atoms in total. The molecular formula is C18H18N2O5. The van der Waals surface area contributed by atoms with Gasteiger partial charge >= 0.3 is 5.97 Å². The molecule has 0 aliphatic carbocycles. The molecule has 0 spiro atoms. The van der Waals surface area contributed by atoms with Crippen molar-refractivity contribution in [2.24, 2.45) is 0 Å². The zero-order chi connectivity index (χ0) is 18.0. The van der Waals surface area contributed by atoms with Crippen LogP contribution in [0.3, 0.4) is 0 Å². The summed E-state index contributed by atoms with van der Waals surface area (Å²) in [5, 5.41) is 11.7. The van der Waals surface area contributed by atoms with Crippen LogP contribution in [0.25, 0.3) is 0 Å². The fourth-order valence-corrected chi connectivity index (χ4v) is 2.68. The molecule has 0 fully saturated rings. The molecule has 1 aliphatic heterocycles. The van der Waals surface area contributed by atoms with E-state index in [0.29, 0.717) is 23.8 Å². The molecular weight excluding hydrogens is 324 g/mol. The number of fused-ring (bicyclic) bond motifs is 1. The maximum Gasteiger partial charge on any atom is 0.354 e. The Bertz CT molecular complexity index is 834. The molecule has 2 heterocycles. The monoisotopic (exact) mass is 342 g/mol. The number of amides is 1. The number of hydrogen-bond donors (Lipinski definition) is 2. The van der Waals surface area contributed by atoms with Crippen LogP contribution in [0.1, 0.15) is 40.4 Å². The van der Waals surface area contributed by atoms with Crippen molar-refractivity contribution in [3.8, 4) is 11.5 Å². The van der Waals surface area contributed by atoms with Crippen LogP contribution in [-0.2, 0) is 6.42 Å². The van der Waals surface area contributed by atoms with Crippen molar-refractivity contribution in [1.82, 2.24) is 4.98 Å². The third-order valence-corrected chi connectivity index (χ3v) is 3.75. The second-order valence-electron chi connectivity index (χ2n) is 5.69. The van der Waals surface area contributed by atoms with E-state index in [9.17, 15) is 9.59 Å². The topological polar surface area (TPSA) is 97.8 Å². The zero-order valence-electron chi connectivity index (χ0n) is 13.9. The lowest BCUT2D eigenvalue weighted by atomic mass is 10.1. The first kappa shape index (κ1) is 16.8. The highest BCUT2D eigenvalue weighted by atomic mass is 16.5. The summed E-state index contributed by atoms with van der Waals surface area (Å²) in [6.45, 7) is 4.28. The van der Waals surface area contributed by atoms with E-state index in [-0.39, 0.29) is 17.5 Å². The first-order valence-electron chi connectivity index (χ1n) is 7.96. The first-order valence-corrected chi connectivity index (χ1v) is 7.96. The fourth-order valence-electron chi connectivity index (χ4n) is 2.68. The number of hydrogen-bond acceptors (Lipinski definition) is 5. The van der Waals surface area contributed by atoms with Crippen molar-refractivity contribution in [3.63, 3.8) is 0 Å². The largest absolute Gasteiger partial charge is 0.492 e. The van der Waals surface area contributed by atoms with Gasteiger partial charge in [-0.1, -0.05) is 6.07 Å². The predicted octanol–water partition coefficient (Wildman–Crippen LogP) is 2.75. The molecule has 130 valence electrons. The Morgan fingerprint density at radius 1 is 1.36 bits per heavy atom. The van der Waals surface area contributed by atoms with Crippen molar-refractivity contribution >= 4 is 17.6 Å². The second-order valence-corrected chi connectivity index (χ2v) is 5.69. The molecule has 0 radical (unpaired) electrons. The summed E-state index contributed by atoms with van der Waals surface area (Å²) in [7, 11) is 0.